The van der Waals surface area contributed by atoms with Crippen LogP contribution in [0.1, 0.15) is 48.8 Å². The summed E-state index contributed by atoms with van der Waals surface area (Å²) in [7, 11) is 0. The Labute approximate surface area is 177 Å². The van der Waals surface area contributed by atoms with E-state index in [0.717, 1.165) is 35.2 Å². The van der Waals surface area contributed by atoms with E-state index in [9.17, 15) is 9.59 Å². The quantitative estimate of drug-likeness (QED) is 0.665. The normalized spacial score (nSPS) is 21.1. The van der Waals surface area contributed by atoms with Crippen LogP contribution in [0.2, 0.25) is 0 Å². The first-order valence-corrected chi connectivity index (χ1v) is 10.6. The summed E-state index contributed by atoms with van der Waals surface area (Å²) in [5.74, 6) is -0.875. The minimum absolute atomic E-state index is 0.174. The summed E-state index contributed by atoms with van der Waals surface area (Å²) in [6.45, 7) is 4.19. The standard InChI is InChI=1S/C26H27NO3/c1-17-11-13-20(14-12-17)24-23(18(2)27-21-9-6-10-22(28)25(21)24)26(29)30-16-15-19-7-4-3-5-8-19/h3-5,7-8,11-14,24-25H,6,9-10,15-16H2,1-2H3. The fraction of sp³-hybridized carbons (Fsp3) is 0.346. The van der Waals surface area contributed by atoms with Crippen LogP contribution < -0.4 is 0 Å². The highest BCUT2D eigenvalue weighted by atomic mass is 16.5. The van der Waals surface area contributed by atoms with Crippen molar-refractivity contribution in [3.63, 3.8) is 0 Å². The van der Waals surface area contributed by atoms with Gasteiger partial charge in [0.15, 0.2) is 0 Å². The maximum absolute atomic E-state index is 13.2. The van der Waals surface area contributed by atoms with Crippen LogP contribution in [0.3, 0.4) is 0 Å². The average molecular weight is 402 g/mol. The summed E-state index contributed by atoms with van der Waals surface area (Å²) < 4.78 is 5.67. The fourth-order valence-electron chi connectivity index (χ4n) is 4.50. The highest BCUT2D eigenvalue weighted by Crippen LogP contribution is 2.43. The molecule has 0 saturated heterocycles. The van der Waals surface area contributed by atoms with E-state index in [4.69, 9.17) is 9.73 Å². The van der Waals surface area contributed by atoms with Gasteiger partial charge in [-0.3, -0.25) is 9.79 Å². The Hall–Kier alpha value is -3.01. The number of fused-ring (bicyclic) bond motifs is 1. The van der Waals surface area contributed by atoms with Crippen LogP contribution in [0.15, 0.2) is 70.9 Å². The number of carbonyl (C=O) groups excluding carboxylic acids is 2. The molecule has 154 valence electrons. The van der Waals surface area contributed by atoms with Gasteiger partial charge in [-0.05, 0) is 37.8 Å². The molecule has 4 heteroatoms. The fourth-order valence-corrected chi connectivity index (χ4v) is 4.50. The van der Waals surface area contributed by atoms with Gasteiger partial charge in [-0.2, -0.15) is 0 Å². The van der Waals surface area contributed by atoms with Crippen molar-refractivity contribution in [1.82, 2.24) is 0 Å². The maximum atomic E-state index is 13.2. The molecule has 0 amide bonds. The van der Waals surface area contributed by atoms with Gasteiger partial charge in [-0.15, -0.1) is 0 Å². The van der Waals surface area contributed by atoms with Crippen molar-refractivity contribution in [2.75, 3.05) is 6.61 Å². The van der Waals surface area contributed by atoms with Crippen LogP contribution in [0.25, 0.3) is 0 Å². The van der Waals surface area contributed by atoms with Crippen LogP contribution in [-0.2, 0) is 20.7 Å². The van der Waals surface area contributed by atoms with E-state index in [1.165, 1.54) is 0 Å². The Morgan fingerprint density at radius 3 is 2.47 bits per heavy atom. The molecule has 1 fully saturated rings. The monoisotopic (exact) mass is 401 g/mol. The number of hydrogen-bond acceptors (Lipinski definition) is 4. The number of aliphatic imine (C=N–C) groups is 1. The Kier molecular flexibility index (Phi) is 5.93. The van der Waals surface area contributed by atoms with Crippen molar-refractivity contribution >= 4 is 17.5 Å². The van der Waals surface area contributed by atoms with Gasteiger partial charge < -0.3 is 4.74 Å². The number of hydrogen-bond donors (Lipinski definition) is 0. The third-order valence-corrected chi connectivity index (χ3v) is 6.03. The number of ketones is 1. The second kappa shape index (κ2) is 8.78. The number of aryl methyl sites for hydroxylation is 1. The molecular formula is C26H27NO3. The molecule has 0 aromatic heterocycles. The number of esters is 1. The van der Waals surface area contributed by atoms with Gasteiger partial charge in [0.1, 0.15) is 5.78 Å². The molecule has 1 heterocycles. The molecule has 2 aliphatic rings. The lowest BCUT2D eigenvalue weighted by Gasteiger charge is -2.35. The Balaban J connectivity index is 1.63. The lowest BCUT2D eigenvalue weighted by Crippen LogP contribution is -2.39. The van der Waals surface area contributed by atoms with E-state index in [0.29, 0.717) is 30.7 Å². The summed E-state index contributed by atoms with van der Waals surface area (Å²) in [6.07, 6.45) is 2.85. The molecular weight excluding hydrogens is 374 g/mol. The van der Waals surface area contributed by atoms with Crippen molar-refractivity contribution in [1.29, 1.82) is 0 Å². The zero-order valence-electron chi connectivity index (χ0n) is 17.6. The minimum Gasteiger partial charge on any atom is -0.462 e. The highest BCUT2D eigenvalue weighted by Gasteiger charge is 2.43. The van der Waals surface area contributed by atoms with Crippen molar-refractivity contribution < 1.29 is 14.3 Å². The van der Waals surface area contributed by atoms with E-state index < -0.39 is 0 Å². The van der Waals surface area contributed by atoms with E-state index in [1.54, 1.807) is 0 Å². The van der Waals surface area contributed by atoms with Crippen LogP contribution in [0.4, 0.5) is 0 Å². The molecule has 2 aromatic carbocycles. The predicted molar refractivity (Wildman–Crippen MR) is 118 cm³/mol. The molecule has 1 aliphatic carbocycles. The molecule has 2 aromatic rings. The summed E-state index contributed by atoms with van der Waals surface area (Å²) in [5.41, 5.74) is 5.35. The number of rotatable bonds is 5. The number of carbonyl (C=O) groups is 2. The molecule has 30 heavy (non-hydrogen) atoms. The minimum atomic E-state index is -0.366. The van der Waals surface area contributed by atoms with Crippen LogP contribution in [0.5, 0.6) is 0 Å². The van der Waals surface area contributed by atoms with Gasteiger partial charge in [0, 0.05) is 30.2 Å². The van der Waals surface area contributed by atoms with E-state index >= 15 is 0 Å². The number of Topliss-reactive ketones (excluding diaryl/α,β-unsaturated/α-hetero) is 1. The van der Waals surface area contributed by atoms with E-state index in [-0.39, 0.29) is 23.6 Å². The SMILES string of the molecule is CC1=C(C(=O)OCCc2ccccc2)C(c2ccc(C)cc2)C2C(=O)CCCC2=N1. The van der Waals surface area contributed by atoms with Gasteiger partial charge in [0.25, 0.3) is 0 Å². The second-order valence-corrected chi connectivity index (χ2v) is 8.16. The number of ether oxygens (including phenoxy) is 1. The molecule has 4 nitrogen and oxygen atoms in total. The van der Waals surface area contributed by atoms with Crippen molar-refractivity contribution in [3.05, 3.63) is 82.6 Å². The number of allylic oxidation sites excluding steroid dienone is 1. The molecule has 0 spiro atoms. The van der Waals surface area contributed by atoms with Crippen molar-refractivity contribution in [2.24, 2.45) is 10.9 Å². The molecule has 1 saturated carbocycles. The molecule has 0 radical (unpaired) electrons. The number of nitrogens with zero attached hydrogens (tertiary/aromatic N) is 1. The van der Waals surface area contributed by atoms with Gasteiger partial charge in [-0.1, -0.05) is 60.2 Å². The Bertz CT molecular complexity index is 1000. The average Bonchev–Trinajstić information content (AvgIpc) is 2.74. The first-order chi connectivity index (χ1) is 14.5. The second-order valence-electron chi connectivity index (χ2n) is 8.16. The lowest BCUT2D eigenvalue weighted by atomic mass is 9.69. The number of benzene rings is 2. The van der Waals surface area contributed by atoms with Gasteiger partial charge >= 0.3 is 5.97 Å². The molecule has 4 rings (SSSR count). The van der Waals surface area contributed by atoms with Crippen LogP contribution in [-0.4, -0.2) is 24.1 Å². The molecule has 0 bridgehead atoms. The first kappa shape index (κ1) is 20.3. The molecule has 2 atom stereocenters. The van der Waals surface area contributed by atoms with Gasteiger partial charge in [-0.25, -0.2) is 4.79 Å². The lowest BCUT2D eigenvalue weighted by molar-refractivity contribution is -0.139. The van der Waals surface area contributed by atoms with Crippen LogP contribution >= 0.6 is 0 Å². The summed E-state index contributed by atoms with van der Waals surface area (Å²) in [6, 6.07) is 18.1. The Morgan fingerprint density at radius 2 is 1.73 bits per heavy atom. The molecule has 1 aliphatic heterocycles. The summed E-state index contributed by atoms with van der Waals surface area (Å²) >= 11 is 0. The van der Waals surface area contributed by atoms with Gasteiger partial charge in [0.2, 0.25) is 0 Å². The van der Waals surface area contributed by atoms with Crippen molar-refractivity contribution in [2.45, 2.75) is 45.4 Å². The Morgan fingerprint density at radius 1 is 1.00 bits per heavy atom. The molecule has 2 unspecified atom stereocenters. The van der Waals surface area contributed by atoms with E-state index in [2.05, 4.69) is 0 Å². The predicted octanol–water partition coefficient (Wildman–Crippen LogP) is 4.96. The van der Waals surface area contributed by atoms with E-state index in [1.807, 2.05) is 68.4 Å². The maximum Gasteiger partial charge on any atom is 0.336 e. The largest absolute Gasteiger partial charge is 0.462 e. The highest BCUT2D eigenvalue weighted by molar-refractivity contribution is 6.11. The van der Waals surface area contributed by atoms with Gasteiger partial charge in [0.05, 0.1) is 18.1 Å². The zero-order valence-corrected chi connectivity index (χ0v) is 17.6. The smallest absolute Gasteiger partial charge is 0.336 e. The summed E-state index contributed by atoms with van der Waals surface area (Å²) in [5, 5.41) is 0. The van der Waals surface area contributed by atoms with Crippen molar-refractivity contribution in [3.8, 4) is 0 Å². The molecule has 0 N–H and O–H groups in total. The van der Waals surface area contributed by atoms with Crippen LogP contribution in [0, 0.1) is 12.8 Å². The third-order valence-electron chi connectivity index (χ3n) is 6.03. The third kappa shape index (κ3) is 4.13. The zero-order chi connectivity index (χ0) is 21.1. The summed E-state index contributed by atoms with van der Waals surface area (Å²) in [4.78, 5) is 30.8. The first-order valence-electron chi connectivity index (χ1n) is 10.6. The topological polar surface area (TPSA) is 55.7 Å².